The number of carbonyl (C=O) groups excluding carboxylic acids is 1. The van der Waals surface area contributed by atoms with E-state index in [0.717, 1.165) is 6.42 Å². The average molecular weight is 345 g/mol. The largest absolute Gasteiger partial charge is 0.467 e. The lowest BCUT2D eigenvalue weighted by Gasteiger charge is -2.42. The Morgan fingerprint density at radius 2 is 1.52 bits per heavy atom. The van der Waals surface area contributed by atoms with E-state index in [9.17, 15) is 9.90 Å². The van der Waals surface area contributed by atoms with E-state index in [0.29, 0.717) is 23.2 Å². The molecule has 0 spiro atoms. The fraction of sp³-hybridized carbons (Fsp3) is 0.833. The van der Waals surface area contributed by atoms with Crippen molar-refractivity contribution in [1.29, 1.82) is 0 Å². The summed E-state index contributed by atoms with van der Waals surface area (Å²) >= 11 is 0. The molecule has 0 aromatic carbocycles. The second-order valence-electron chi connectivity index (χ2n) is 7.21. The molecule has 0 bridgehead atoms. The number of rotatable bonds is 10. The minimum Gasteiger partial charge on any atom is -0.467 e. The molecular formula is C18H36O4Si. The molecule has 0 unspecified atom stereocenters. The summed E-state index contributed by atoms with van der Waals surface area (Å²) in [7, 11) is -0.526. The van der Waals surface area contributed by atoms with Gasteiger partial charge in [0.25, 0.3) is 0 Å². The average Bonchev–Trinajstić information content (AvgIpc) is 2.47. The van der Waals surface area contributed by atoms with Crippen LogP contribution in [-0.4, -0.2) is 39.2 Å². The van der Waals surface area contributed by atoms with Crippen molar-refractivity contribution in [2.75, 3.05) is 13.7 Å². The number of hydrogen-bond donors (Lipinski definition) is 1. The zero-order valence-corrected chi connectivity index (χ0v) is 17.1. The first kappa shape index (κ1) is 22.3. The molecule has 2 atom stereocenters. The summed E-state index contributed by atoms with van der Waals surface area (Å²) in [4.78, 5) is 11.3. The molecule has 4 nitrogen and oxygen atoms in total. The van der Waals surface area contributed by atoms with Crippen molar-refractivity contribution >= 4 is 14.3 Å². The van der Waals surface area contributed by atoms with Gasteiger partial charge in [0, 0.05) is 12.5 Å². The standard InChI is InChI=1S/C18H36O4Si/c1-13(2)23(14(3)4,15(5)6)22-12-10-9-11-16(7)17(19)18(20)21-8/h9,11,13-17,19H,10,12H2,1-8H3/b11-9+/t16-,17-/m1/s1. The predicted molar refractivity (Wildman–Crippen MR) is 97.9 cm³/mol. The van der Waals surface area contributed by atoms with E-state index in [4.69, 9.17) is 4.43 Å². The van der Waals surface area contributed by atoms with Crippen LogP contribution in [0.25, 0.3) is 0 Å². The van der Waals surface area contributed by atoms with Gasteiger partial charge in [-0.25, -0.2) is 4.79 Å². The van der Waals surface area contributed by atoms with Gasteiger partial charge in [-0.2, -0.15) is 0 Å². The van der Waals surface area contributed by atoms with E-state index in [-0.39, 0.29) is 5.92 Å². The smallest absolute Gasteiger partial charge is 0.335 e. The van der Waals surface area contributed by atoms with Crippen molar-refractivity contribution in [1.82, 2.24) is 0 Å². The van der Waals surface area contributed by atoms with Gasteiger partial charge in [0.15, 0.2) is 14.4 Å². The van der Waals surface area contributed by atoms with Crippen molar-refractivity contribution in [2.24, 2.45) is 5.92 Å². The lowest BCUT2D eigenvalue weighted by atomic mass is 10.0. The van der Waals surface area contributed by atoms with Crippen molar-refractivity contribution in [2.45, 2.75) is 77.6 Å². The molecule has 1 N–H and O–H groups in total. The summed E-state index contributed by atoms with van der Waals surface area (Å²) in [5.74, 6) is -0.853. The van der Waals surface area contributed by atoms with Crippen LogP contribution in [0.1, 0.15) is 54.9 Å². The molecular weight excluding hydrogens is 308 g/mol. The molecule has 5 heteroatoms. The van der Waals surface area contributed by atoms with Crippen LogP contribution in [0.5, 0.6) is 0 Å². The highest BCUT2D eigenvalue weighted by Gasteiger charge is 2.44. The van der Waals surface area contributed by atoms with E-state index < -0.39 is 20.4 Å². The topological polar surface area (TPSA) is 55.8 Å². The Bertz CT molecular complexity index is 355. The minimum atomic E-state index is -1.81. The summed E-state index contributed by atoms with van der Waals surface area (Å²) in [5, 5.41) is 9.74. The maximum absolute atomic E-state index is 11.3. The molecule has 0 aromatic rings. The molecule has 0 rings (SSSR count). The number of hydrogen-bond acceptors (Lipinski definition) is 4. The Morgan fingerprint density at radius 1 is 1.04 bits per heavy atom. The van der Waals surface area contributed by atoms with Gasteiger partial charge in [0.05, 0.1) is 7.11 Å². The molecule has 0 aliphatic carbocycles. The highest BCUT2D eigenvalue weighted by atomic mass is 28.4. The van der Waals surface area contributed by atoms with Gasteiger partial charge in [0.1, 0.15) is 0 Å². The molecule has 0 aliphatic heterocycles. The molecule has 0 amide bonds. The van der Waals surface area contributed by atoms with Crippen LogP contribution in [0.15, 0.2) is 12.2 Å². The third-order valence-electron chi connectivity index (χ3n) is 4.72. The van der Waals surface area contributed by atoms with E-state index >= 15 is 0 Å². The quantitative estimate of drug-likeness (QED) is 0.278. The van der Waals surface area contributed by atoms with Crippen molar-refractivity contribution < 1.29 is 19.1 Å². The van der Waals surface area contributed by atoms with Crippen LogP contribution < -0.4 is 0 Å². The van der Waals surface area contributed by atoms with E-state index in [1.54, 1.807) is 6.92 Å². The summed E-state index contributed by atoms with van der Waals surface area (Å²) in [5.41, 5.74) is 1.73. The van der Waals surface area contributed by atoms with Gasteiger partial charge >= 0.3 is 5.97 Å². The second-order valence-corrected chi connectivity index (χ2v) is 12.7. The first-order valence-corrected chi connectivity index (χ1v) is 10.8. The lowest BCUT2D eigenvalue weighted by molar-refractivity contribution is -0.152. The maximum atomic E-state index is 11.3. The minimum absolute atomic E-state index is 0.259. The number of aliphatic hydroxyl groups excluding tert-OH is 1. The van der Waals surface area contributed by atoms with Crippen LogP contribution >= 0.6 is 0 Å². The Balaban J connectivity index is 4.57. The Morgan fingerprint density at radius 3 is 1.91 bits per heavy atom. The summed E-state index contributed by atoms with van der Waals surface area (Å²) < 4.78 is 11.0. The van der Waals surface area contributed by atoms with Crippen molar-refractivity contribution in [3.05, 3.63) is 12.2 Å². The van der Waals surface area contributed by atoms with Gasteiger partial charge in [-0.1, -0.05) is 60.6 Å². The Labute approximate surface area is 143 Å². The van der Waals surface area contributed by atoms with E-state index in [1.165, 1.54) is 7.11 Å². The van der Waals surface area contributed by atoms with Gasteiger partial charge in [0.2, 0.25) is 0 Å². The third-order valence-corrected chi connectivity index (χ3v) is 10.8. The molecule has 0 aromatic heterocycles. The molecule has 0 aliphatic rings. The van der Waals surface area contributed by atoms with Crippen molar-refractivity contribution in [3.63, 3.8) is 0 Å². The number of aliphatic hydroxyl groups is 1. The van der Waals surface area contributed by atoms with Gasteiger partial charge in [-0.15, -0.1) is 0 Å². The van der Waals surface area contributed by atoms with Crippen LogP contribution in [0, 0.1) is 5.92 Å². The monoisotopic (exact) mass is 344 g/mol. The molecule has 0 heterocycles. The van der Waals surface area contributed by atoms with Crippen LogP contribution in [-0.2, 0) is 14.0 Å². The fourth-order valence-corrected chi connectivity index (χ4v) is 9.03. The molecule has 0 saturated carbocycles. The number of carbonyl (C=O) groups is 1. The van der Waals surface area contributed by atoms with Crippen LogP contribution in [0.4, 0.5) is 0 Å². The Kier molecular flexibility index (Phi) is 9.97. The van der Waals surface area contributed by atoms with Crippen LogP contribution in [0.2, 0.25) is 16.6 Å². The molecule has 136 valence electrons. The Hall–Kier alpha value is -0.653. The first-order chi connectivity index (χ1) is 10.6. The highest BCUT2D eigenvalue weighted by molar-refractivity contribution is 6.77. The second kappa shape index (κ2) is 10.3. The molecule has 0 radical (unpaired) electrons. The zero-order valence-electron chi connectivity index (χ0n) is 16.1. The molecule has 0 fully saturated rings. The van der Waals surface area contributed by atoms with Gasteiger partial charge in [-0.3, -0.25) is 0 Å². The summed E-state index contributed by atoms with van der Waals surface area (Å²) in [6, 6.07) is 0. The maximum Gasteiger partial charge on any atom is 0.335 e. The molecule has 23 heavy (non-hydrogen) atoms. The van der Waals surface area contributed by atoms with E-state index in [2.05, 4.69) is 46.3 Å². The normalized spacial score (nSPS) is 15.7. The first-order valence-electron chi connectivity index (χ1n) is 8.67. The summed E-state index contributed by atoms with van der Waals surface area (Å²) in [6.07, 6.45) is 3.53. The zero-order chi connectivity index (χ0) is 18.2. The van der Waals surface area contributed by atoms with Crippen molar-refractivity contribution in [3.8, 4) is 0 Å². The number of esters is 1. The van der Waals surface area contributed by atoms with Crippen LogP contribution in [0.3, 0.4) is 0 Å². The van der Waals surface area contributed by atoms with Gasteiger partial charge in [-0.05, 0) is 23.0 Å². The molecule has 0 saturated heterocycles. The third kappa shape index (κ3) is 6.05. The van der Waals surface area contributed by atoms with E-state index in [1.807, 2.05) is 12.2 Å². The highest BCUT2D eigenvalue weighted by Crippen LogP contribution is 2.42. The fourth-order valence-electron chi connectivity index (χ4n) is 3.56. The number of methoxy groups -OCH3 is 1. The lowest BCUT2D eigenvalue weighted by Crippen LogP contribution is -2.47. The summed E-state index contributed by atoms with van der Waals surface area (Å²) in [6.45, 7) is 16.1. The number of ether oxygens (including phenoxy) is 1. The SMILES string of the molecule is COC(=O)[C@H](O)[C@H](C)/C=C/CCO[Si](C(C)C)(C(C)C)C(C)C. The predicted octanol–water partition coefficient (Wildman–Crippen LogP) is 4.29. The van der Waals surface area contributed by atoms with Gasteiger partial charge < -0.3 is 14.3 Å².